The molecule has 1 aromatic carbocycles. The zero-order valence-electron chi connectivity index (χ0n) is 10.6. The summed E-state index contributed by atoms with van der Waals surface area (Å²) in [4.78, 5) is 0. The second-order valence-corrected chi connectivity index (χ2v) is 4.51. The highest BCUT2D eigenvalue weighted by Crippen LogP contribution is 2.14. The van der Waals surface area contributed by atoms with E-state index in [1.807, 2.05) is 44.2 Å². The number of hydrogen-bond donors (Lipinski definition) is 1. The Kier molecular flexibility index (Phi) is 3.57. The van der Waals surface area contributed by atoms with Crippen LogP contribution < -0.4 is 10.5 Å². The molecule has 2 aromatic rings. The van der Waals surface area contributed by atoms with Crippen molar-refractivity contribution in [3.8, 4) is 11.7 Å². The fraction of sp³-hybridized carbons (Fsp3) is 0.417. The Bertz CT molecular complexity index is 494. The molecule has 18 heavy (non-hydrogen) atoms. The number of tetrazole rings is 1. The molecule has 1 aromatic heterocycles. The SMILES string of the molecule is CCC(C)(N)COc1nnnn1-c1ccccc1. The van der Waals surface area contributed by atoms with Gasteiger partial charge in [0.25, 0.3) is 0 Å². The van der Waals surface area contributed by atoms with Gasteiger partial charge in [-0.3, -0.25) is 0 Å². The Hall–Kier alpha value is -1.95. The van der Waals surface area contributed by atoms with Crippen LogP contribution in [0.3, 0.4) is 0 Å². The van der Waals surface area contributed by atoms with Gasteiger partial charge >= 0.3 is 6.01 Å². The Morgan fingerprint density at radius 1 is 1.33 bits per heavy atom. The van der Waals surface area contributed by atoms with Crippen molar-refractivity contribution in [1.29, 1.82) is 0 Å². The molecule has 6 heteroatoms. The van der Waals surface area contributed by atoms with Crippen LogP contribution in [0.15, 0.2) is 30.3 Å². The number of nitrogens with two attached hydrogens (primary N) is 1. The zero-order valence-corrected chi connectivity index (χ0v) is 10.6. The van der Waals surface area contributed by atoms with E-state index in [1.54, 1.807) is 4.68 Å². The van der Waals surface area contributed by atoms with E-state index in [0.29, 0.717) is 12.6 Å². The molecule has 0 aliphatic heterocycles. The summed E-state index contributed by atoms with van der Waals surface area (Å²) in [6.45, 7) is 4.32. The Morgan fingerprint density at radius 2 is 2.06 bits per heavy atom. The van der Waals surface area contributed by atoms with E-state index in [-0.39, 0.29) is 5.54 Å². The van der Waals surface area contributed by atoms with Crippen molar-refractivity contribution >= 4 is 0 Å². The van der Waals surface area contributed by atoms with Crippen molar-refractivity contribution in [2.24, 2.45) is 5.73 Å². The maximum Gasteiger partial charge on any atom is 0.340 e. The second-order valence-electron chi connectivity index (χ2n) is 4.51. The Morgan fingerprint density at radius 3 is 2.72 bits per heavy atom. The van der Waals surface area contributed by atoms with E-state index in [2.05, 4.69) is 15.5 Å². The third-order valence-electron chi connectivity index (χ3n) is 2.78. The summed E-state index contributed by atoms with van der Waals surface area (Å²) < 4.78 is 7.14. The van der Waals surface area contributed by atoms with Gasteiger partial charge in [0.2, 0.25) is 0 Å². The van der Waals surface area contributed by atoms with Gasteiger partial charge in [-0.15, -0.1) is 0 Å². The lowest BCUT2D eigenvalue weighted by Crippen LogP contribution is -2.41. The molecule has 0 spiro atoms. The first-order chi connectivity index (χ1) is 8.62. The summed E-state index contributed by atoms with van der Waals surface area (Å²) in [6, 6.07) is 9.93. The maximum atomic E-state index is 6.02. The predicted octanol–water partition coefficient (Wildman–Crippen LogP) is 1.17. The highest BCUT2D eigenvalue weighted by Gasteiger charge is 2.19. The molecule has 0 saturated heterocycles. The minimum Gasteiger partial charge on any atom is -0.460 e. The summed E-state index contributed by atoms with van der Waals surface area (Å²) in [6.07, 6.45) is 0.819. The molecule has 0 radical (unpaired) electrons. The molecular formula is C12H17N5O. The molecule has 1 heterocycles. The van der Waals surface area contributed by atoms with E-state index < -0.39 is 0 Å². The van der Waals surface area contributed by atoms with Crippen molar-refractivity contribution in [3.05, 3.63) is 30.3 Å². The largest absolute Gasteiger partial charge is 0.460 e. The zero-order chi connectivity index (χ0) is 13.0. The first-order valence-corrected chi connectivity index (χ1v) is 5.88. The number of nitrogens with zero attached hydrogens (tertiary/aromatic N) is 4. The van der Waals surface area contributed by atoms with Crippen LogP contribution >= 0.6 is 0 Å². The van der Waals surface area contributed by atoms with Crippen LogP contribution in [0.5, 0.6) is 6.01 Å². The third-order valence-corrected chi connectivity index (χ3v) is 2.78. The quantitative estimate of drug-likeness (QED) is 0.858. The monoisotopic (exact) mass is 247 g/mol. The van der Waals surface area contributed by atoms with Gasteiger partial charge in [0.15, 0.2) is 0 Å². The maximum absolute atomic E-state index is 6.02. The highest BCUT2D eigenvalue weighted by atomic mass is 16.5. The molecule has 6 nitrogen and oxygen atoms in total. The first-order valence-electron chi connectivity index (χ1n) is 5.88. The molecular weight excluding hydrogens is 230 g/mol. The van der Waals surface area contributed by atoms with Gasteiger partial charge < -0.3 is 10.5 Å². The van der Waals surface area contributed by atoms with Gasteiger partial charge in [-0.1, -0.05) is 30.2 Å². The van der Waals surface area contributed by atoms with Gasteiger partial charge in [0, 0.05) is 5.54 Å². The minimum absolute atomic E-state index is 0.353. The van der Waals surface area contributed by atoms with Crippen molar-refractivity contribution in [2.75, 3.05) is 6.61 Å². The number of ether oxygens (including phenoxy) is 1. The third kappa shape index (κ3) is 2.84. The lowest BCUT2D eigenvalue weighted by atomic mass is 10.0. The van der Waals surface area contributed by atoms with Crippen LogP contribution in [-0.2, 0) is 0 Å². The highest BCUT2D eigenvalue weighted by molar-refractivity contribution is 5.31. The van der Waals surface area contributed by atoms with Gasteiger partial charge in [-0.2, -0.15) is 4.68 Å². The van der Waals surface area contributed by atoms with Crippen LogP contribution in [0.4, 0.5) is 0 Å². The summed E-state index contributed by atoms with van der Waals surface area (Å²) in [5.41, 5.74) is 6.49. The Labute approximate surface area is 106 Å². The summed E-state index contributed by atoms with van der Waals surface area (Å²) in [5, 5.41) is 11.4. The van der Waals surface area contributed by atoms with E-state index >= 15 is 0 Å². The van der Waals surface area contributed by atoms with Gasteiger partial charge in [0.1, 0.15) is 6.61 Å². The van der Waals surface area contributed by atoms with E-state index in [9.17, 15) is 0 Å². The number of aromatic nitrogens is 4. The molecule has 0 fully saturated rings. The molecule has 1 unspecified atom stereocenters. The smallest absolute Gasteiger partial charge is 0.340 e. The van der Waals surface area contributed by atoms with E-state index in [0.717, 1.165) is 12.1 Å². The molecule has 0 aliphatic rings. The van der Waals surface area contributed by atoms with Crippen LogP contribution in [0, 0.1) is 0 Å². The second kappa shape index (κ2) is 5.14. The molecule has 2 N–H and O–H groups in total. The standard InChI is InChI=1S/C12H17N5O/c1-3-12(2,13)9-18-11-14-15-16-17(11)10-7-5-4-6-8-10/h4-8H,3,9,13H2,1-2H3. The van der Waals surface area contributed by atoms with Crippen molar-refractivity contribution in [2.45, 2.75) is 25.8 Å². The number of hydrogen-bond acceptors (Lipinski definition) is 5. The lowest BCUT2D eigenvalue weighted by molar-refractivity contribution is 0.206. The van der Waals surface area contributed by atoms with Gasteiger partial charge in [-0.25, -0.2) is 0 Å². The summed E-state index contributed by atoms with van der Waals surface area (Å²) in [5.74, 6) is 0. The molecule has 2 rings (SSSR count). The molecule has 0 bridgehead atoms. The molecule has 0 amide bonds. The summed E-state index contributed by atoms with van der Waals surface area (Å²) in [7, 11) is 0. The normalized spacial score (nSPS) is 14.2. The van der Waals surface area contributed by atoms with Crippen LogP contribution in [0.1, 0.15) is 20.3 Å². The Balaban J connectivity index is 2.14. The fourth-order valence-electron chi connectivity index (χ4n) is 1.33. The van der Waals surface area contributed by atoms with Crippen molar-refractivity contribution < 1.29 is 4.74 Å². The van der Waals surface area contributed by atoms with Gasteiger partial charge in [-0.05, 0) is 35.9 Å². The lowest BCUT2D eigenvalue weighted by Gasteiger charge is -2.21. The molecule has 0 saturated carbocycles. The summed E-state index contributed by atoms with van der Waals surface area (Å²) >= 11 is 0. The van der Waals surface area contributed by atoms with E-state index in [1.165, 1.54) is 0 Å². The van der Waals surface area contributed by atoms with Crippen molar-refractivity contribution in [1.82, 2.24) is 20.2 Å². The van der Waals surface area contributed by atoms with Crippen LogP contribution in [-0.4, -0.2) is 32.4 Å². The number of rotatable bonds is 5. The average Bonchev–Trinajstić information content (AvgIpc) is 2.86. The van der Waals surface area contributed by atoms with Gasteiger partial charge in [0.05, 0.1) is 5.69 Å². The average molecular weight is 247 g/mol. The first kappa shape index (κ1) is 12.5. The van der Waals surface area contributed by atoms with Crippen LogP contribution in [0.25, 0.3) is 5.69 Å². The van der Waals surface area contributed by atoms with Crippen molar-refractivity contribution in [3.63, 3.8) is 0 Å². The molecule has 1 atom stereocenters. The molecule has 96 valence electrons. The predicted molar refractivity (Wildman–Crippen MR) is 67.5 cm³/mol. The van der Waals surface area contributed by atoms with Crippen LogP contribution in [0.2, 0.25) is 0 Å². The minimum atomic E-state index is -0.381. The van der Waals surface area contributed by atoms with E-state index in [4.69, 9.17) is 10.5 Å². The fourth-order valence-corrected chi connectivity index (χ4v) is 1.33. The number of para-hydroxylation sites is 1. The topological polar surface area (TPSA) is 78.8 Å². The number of benzene rings is 1. The molecule has 0 aliphatic carbocycles.